The summed E-state index contributed by atoms with van der Waals surface area (Å²) in [7, 11) is 0. The molecular formula is C18H18N2OS. The number of pyridine rings is 1. The summed E-state index contributed by atoms with van der Waals surface area (Å²) in [5.74, 6) is 0.418. The third-order valence-corrected chi connectivity index (χ3v) is 4.49. The molecule has 22 heavy (non-hydrogen) atoms. The summed E-state index contributed by atoms with van der Waals surface area (Å²) in [5.41, 5.74) is 1.15. The van der Waals surface area contributed by atoms with E-state index in [1.807, 2.05) is 61.8 Å². The Kier molecular flexibility index (Phi) is 4.49. The van der Waals surface area contributed by atoms with Crippen LogP contribution in [-0.4, -0.2) is 10.9 Å². The van der Waals surface area contributed by atoms with Crippen LogP contribution in [0.5, 0.6) is 0 Å². The Morgan fingerprint density at radius 1 is 1.14 bits per heavy atom. The van der Waals surface area contributed by atoms with Gasteiger partial charge < -0.3 is 5.32 Å². The number of nitrogens with one attached hydrogen (secondary N) is 1. The average molecular weight is 310 g/mol. The molecule has 1 aliphatic carbocycles. The van der Waals surface area contributed by atoms with Gasteiger partial charge in [-0.2, -0.15) is 0 Å². The number of carbonyl (C=O) groups excluding carboxylic acids is 1. The zero-order valence-corrected chi connectivity index (χ0v) is 13.3. The minimum absolute atomic E-state index is 0.164. The van der Waals surface area contributed by atoms with Crippen molar-refractivity contribution in [2.75, 3.05) is 5.32 Å². The first-order chi connectivity index (χ1) is 10.7. The maximum Gasteiger partial charge on any atom is 0.228 e. The number of anilines is 1. The van der Waals surface area contributed by atoms with Gasteiger partial charge in [-0.1, -0.05) is 36.4 Å². The second-order valence-electron chi connectivity index (χ2n) is 5.40. The average Bonchev–Trinajstić information content (AvgIpc) is 3.31. The SMILES string of the molecule is Cc1cncc2sc(NC(=O)C3CC3)cc12.c1ccccc1. The van der Waals surface area contributed by atoms with Crippen molar-refractivity contribution in [2.45, 2.75) is 19.8 Å². The number of fused-ring (bicyclic) bond motifs is 1. The number of benzene rings is 1. The smallest absolute Gasteiger partial charge is 0.228 e. The number of aromatic nitrogens is 1. The van der Waals surface area contributed by atoms with Gasteiger partial charge in [-0.05, 0) is 31.4 Å². The highest BCUT2D eigenvalue weighted by Crippen LogP contribution is 2.34. The van der Waals surface area contributed by atoms with Crippen molar-refractivity contribution in [1.29, 1.82) is 0 Å². The molecule has 3 aromatic rings. The molecule has 4 heteroatoms. The molecule has 1 aromatic carbocycles. The molecule has 0 bridgehead atoms. The third-order valence-electron chi connectivity index (χ3n) is 3.51. The standard InChI is InChI=1S/C12H12N2OS.C6H6/c1-7-5-13-6-10-9(7)4-11(16-10)14-12(15)8-2-3-8;1-2-4-6-5-3-1/h4-6,8H,2-3H2,1H3,(H,14,15);1-6H. The van der Waals surface area contributed by atoms with Crippen molar-refractivity contribution in [1.82, 2.24) is 4.98 Å². The van der Waals surface area contributed by atoms with Crippen molar-refractivity contribution < 1.29 is 4.79 Å². The second kappa shape index (κ2) is 6.71. The lowest BCUT2D eigenvalue weighted by Crippen LogP contribution is -2.11. The largest absolute Gasteiger partial charge is 0.317 e. The Hall–Kier alpha value is -2.20. The first-order valence-electron chi connectivity index (χ1n) is 7.39. The molecule has 0 spiro atoms. The van der Waals surface area contributed by atoms with Gasteiger partial charge >= 0.3 is 0 Å². The molecule has 1 amide bonds. The number of aryl methyl sites for hydroxylation is 1. The van der Waals surface area contributed by atoms with Crippen LogP contribution in [0.3, 0.4) is 0 Å². The Morgan fingerprint density at radius 3 is 2.32 bits per heavy atom. The number of nitrogens with zero attached hydrogens (tertiary/aromatic N) is 1. The van der Waals surface area contributed by atoms with Gasteiger partial charge in [0.05, 0.1) is 9.70 Å². The first kappa shape index (κ1) is 14.7. The summed E-state index contributed by atoms with van der Waals surface area (Å²) in [6.07, 6.45) is 5.77. The lowest BCUT2D eigenvalue weighted by molar-refractivity contribution is -0.117. The van der Waals surface area contributed by atoms with E-state index in [2.05, 4.69) is 10.3 Å². The van der Waals surface area contributed by atoms with Gasteiger partial charge in [0.2, 0.25) is 5.91 Å². The summed E-state index contributed by atoms with van der Waals surface area (Å²) in [6.45, 7) is 2.04. The summed E-state index contributed by atoms with van der Waals surface area (Å²) in [5, 5.41) is 5.09. The molecule has 0 radical (unpaired) electrons. The molecule has 3 nitrogen and oxygen atoms in total. The van der Waals surface area contributed by atoms with Crippen LogP contribution in [0.2, 0.25) is 0 Å². The minimum Gasteiger partial charge on any atom is -0.317 e. The molecule has 0 saturated heterocycles. The van der Waals surface area contributed by atoms with Gasteiger partial charge in [-0.3, -0.25) is 9.78 Å². The van der Waals surface area contributed by atoms with E-state index < -0.39 is 0 Å². The van der Waals surface area contributed by atoms with Crippen LogP contribution in [0.1, 0.15) is 18.4 Å². The fourth-order valence-electron chi connectivity index (χ4n) is 2.11. The summed E-state index contributed by atoms with van der Waals surface area (Å²) >= 11 is 1.59. The molecule has 1 saturated carbocycles. The highest BCUT2D eigenvalue weighted by molar-refractivity contribution is 7.22. The van der Waals surface area contributed by atoms with Gasteiger partial charge in [-0.15, -0.1) is 11.3 Å². The maximum absolute atomic E-state index is 11.6. The van der Waals surface area contributed by atoms with Crippen LogP contribution >= 0.6 is 11.3 Å². The van der Waals surface area contributed by atoms with E-state index in [4.69, 9.17) is 0 Å². The Bertz CT molecular complexity index is 736. The number of rotatable bonds is 2. The van der Waals surface area contributed by atoms with E-state index >= 15 is 0 Å². The molecule has 1 fully saturated rings. The second-order valence-corrected chi connectivity index (χ2v) is 6.48. The van der Waals surface area contributed by atoms with Gasteiger partial charge in [-0.25, -0.2) is 0 Å². The molecule has 1 N–H and O–H groups in total. The topological polar surface area (TPSA) is 42.0 Å². The van der Waals surface area contributed by atoms with E-state index in [1.165, 1.54) is 5.39 Å². The van der Waals surface area contributed by atoms with E-state index in [1.54, 1.807) is 11.3 Å². The fraction of sp³-hybridized carbons (Fsp3) is 0.222. The zero-order chi connectivity index (χ0) is 15.4. The van der Waals surface area contributed by atoms with E-state index in [0.717, 1.165) is 28.1 Å². The number of carbonyl (C=O) groups is 1. The van der Waals surface area contributed by atoms with E-state index in [0.29, 0.717) is 0 Å². The number of amides is 1. The predicted octanol–water partition coefficient (Wildman–Crippen LogP) is 4.64. The molecule has 112 valence electrons. The Labute approximate surface area is 134 Å². The maximum atomic E-state index is 11.6. The van der Waals surface area contributed by atoms with Gasteiger partial charge in [0.1, 0.15) is 0 Å². The van der Waals surface area contributed by atoms with Crippen LogP contribution in [0, 0.1) is 12.8 Å². The lowest BCUT2D eigenvalue weighted by atomic mass is 10.2. The molecular weight excluding hydrogens is 292 g/mol. The normalized spacial score (nSPS) is 13.3. The Balaban J connectivity index is 0.000000202. The van der Waals surface area contributed by atoms with Crippen LogP contribution in [0.4, 0.5) is 5.00 Å². The first-order valence-corrected chi connectivity index (χ1v) is 8.21. The van der Waals surface area contributed by atoms with Crippen molar-refractivity contribution in [3.8, 4) is 0 Å². The zero-order valence-electron chi connectivity index (χ0n) is 12.5. The van der Waals surface area contributed by atoms with Crippen molar-refractivity contribution in [3.63, 3.8) is 0 Å². The van der Waals surface area contributed by atoms with Crippen molar-refractivity contribution in [2.24, 2.45) is 5.92 Å². The number of thiophene rings is 1. The third kappa shape index (κ3) is 3.71. The van der Waals surface area contributed by atoms with Crippen molar-refractivity contribution >= 4 is 32.3 Å². The van der Waals surface area contributed by atoms with Crippen LogP contribution in [0.25, 0.3) is 10.1 Å². The number of hydrogen-bond acceptors (Lipinski definition) is 3. The molecule has 0 unspecified atom stereocenters. The molecule has 2 heterocycles. The quantitative estimate of drug-likeness (QED) is 0.749. The fourth-order valence-corrected chi connectivity index (χ4v) is 3.12. The summed E-state index contributed by atoms with van der Waals surface area (Å²) in [4.78, 5) is 15.8. The molecule has 4 rings (SSSR count). The van der Waals surface area contributed by atoms with E-state index in [9.17, 15) is 4.79 Å². The van der Waals surface area contributed by atoms with Crippen molar-refractivity contribution in [3.05, 3.63) is 60.4 Å². The van der Waals surface area contributed by atoms with Crippen LogP contribution < -0.4 is 5.32 Å². The van der Waals surface area contributed by atoms with E-state index in [-0.39, 0.29) is 11.8 Å². The van der Waals surface area contributed by atoms with Gasteiger partial charge in [0.15, 0.2) is 0 Å². The molecule has 1 aliphatic rings. The molecule has 0 aliphatic heterocycles. The Morgan fingerprint density at radius 2 is 1.77 bits per heavy atom. The molecule has 2 aromatic heterocycles. The monoisotopic (exact) mass is 310 g/mol. The highest BCUT2D eigenvalue weighted by Gasteiger charge is 2.29. The lowest BCUT2D eigenvalue weighted by Gasteiger charge is -1.98. The van der Waals surface area contributed by atoms with Gasteiger partial charge in [0.25, 0.3) is 0 Å². The summed E-state index contributed by atoms with van der Waals surface area (Å²) < 4.78 is 1.13. The predicted molar refractivity (Wildman–Crippen MR) is 92.2 cm³/mol. The van der Waals surface area contributed by atoms with Crippen LogP contribution in [0.15, 0.2) is 54.9 Å². The highest BCUT2D eigenvalue weighted by atomic mass is 32.1. The minimum atomic E-state index is 0.164. The molecule has 0 atom stereocenters. The van der Waals surface area contributed by atoms with Crippen LogP contribution in [-0.2, 0) is 4.79 Å². The van der Waals surface area contributed by atoms with Gasteiger partial charge in [0, 0.05) is 23.7 Å². The number of hydrogen-bond donors (Lipinski definition) is 1. The summed E-state index contributed by atoms with van der Waals surface area (Å²) in [6, 6.07) is 14.0.